The summed E-state index contributed by atoms with van der Waals surface area (Å²) in [6.07, 6.45) is 5.30. The van der Waals surface area contributed by atoms with Gasteiger partial charge < -0.3 is 5.73 Å². The molecule has 2 nitrogen and oxygen atoms in total. The summed E-state index contributed by atoms with van der Waals surface area (Å²) in [4.78, 5) is 0. The minimum absolute atomic E-state index is 0.596. The lowest BCUT2D eigenvalue weighted by Crippen LogP contribution is -1.99. The summed E-state index contributed by atoms with van der Waals surface area (Å²) < 4.78 is 0. The molecule has 0 atom stereocenters. The highest BCUT2D eigenvalue weighted by Crippen LogP contribution is 2.23. The molecule has 0 aliphatic rings. The van der Waals surface area contributed by atoms with E-state index in [-0.39, 0.29) is 0 Å². The number of benzene rings is 1. The second-order valence-electron chi connectivity index (χ2n) is 2.91. The van der Waals surface area contributed by atoms with Crippen LogP contribution in [0.15, 0.2) is 6.07 Å². The minimum Gasteiger partial charge on any atom is -0.397 e. The average molecular weight is 170 g/mol. The summed E-state index contributed by atoms with van der Waals surface area (Å²) in [5, 5.41) is 8.79. The molecular formula is C11H10N2. The first kappa shape index (κ1) is 9.16. The Bertz CT molecular complexity index is 431. The van der Waals surface area contributed by atoms with Crippen molar-refractivity contribution in [2.45, 2.75) is 13.8 Å². The first-order chi connectivity index (χ1) is 6.11. The van der Waals surface area contributed by atoms with Gasteiger partial charge in [0.15, 0.2) is 0 Å². The number of rotatable bonds is 0. The van der Waals surface area contributed by atoms with E-state index in [1.807, 2.05) is 13.8 Å². The Morgan fingerprint density at radius 3 is 2.54 bits per heavy atom. The number of anilines is 1. The maximum absolute atomic E-state index is 8.79. The molecule has 64 valence electrons. The highest BCUT2D eigenvalue weighted by molar-refractivity contribution is 5.66. The van der Waals surface area contributed by atoms with Crippen LogP contribution in [-0.2, 0) is 0 Å². The molecule has 0 heterocycles. The third-order valence-electron chi connectivity index (χ3n) is 2.10. The van der Waals surface area contributed by atoms with E-state index < -0.39 is 0 Å². The molecule has 1 aromatic rings. The zero-order valence-electron chi connectivity index (χ0n) is 7.68. The molecule has 0 unspecified atom stereocenters. The number of nitrogens with zero attached hydrogens (tertiary/aromatic N) is 1. The van der Waals surface area contributed by atoms with Crippen molar-refractivity contribution in [2.75, 3.05) is 5.73 Å². The standard InChI is InChI=1S/C11H10N2/c1-4-10-8(3)9(6-12)5-7(2)11(10)13/h1,5H,13H2,2-3H3. The summed E-state index contributed by atoms with van der Waals surface area (Å²) >= 11 is 0. The molecule has 0 aliphatic heterocycles. The largest absolute Gasteiger partial charge is 0.397 e. The van der Waals surface area contributed by atoms with E-state index in [1.54, 1.807) is 6.07 Å². The predicted molar refractivity (Wildman–Crippen MR) is 53.0 cm³/mol. The summed E-state index contributed by atoms with van der Waals surface area (Å²) in [5.41, 5.74) is 9.24. The number of hydrogen-bond donors (Lipinski definition) is 1. The molecule has 0 radical (unpaired) electrons. The topological polar surface area (TPSA) is 49.8 Å². The van der Waals surface area contributed by atoms with Gasteiger partial charge in [0, 0.05) is 0 Å². The lowest BCUT2D eigenvalue weighted by atomic mass is 9.98. The number of aryl methyl sites for hydroxylation is 1. The molecule has 2 N–H and O–H groups in total. The highest BCUT2D eigenvalue weighted by Gasteiger charge is 2.08. The van der Waals surface area contributed by atoms with Crippen LogP contribution in [-0.4, -0.2) is 0 Å². The molecule has 0 saturated heterocycles. The van der Waals surface area contributed by atoms with Gasteiger partial charge in [0.25, 0.3) is 0 Å². The monoisotopic (exact) mass is 170 g/mol. The van der Waals surface area contributed by atoms with Crippen molar-refractivity contribution in [1.82, 2.24) is 0 Å². The van der Waals surface area contributed by atoms with Crippen molar-refractivity contribution in [1.29, 1.82) is 5.26 Å². The van der Waals surface area contributed by atoms with Gasteiger partial charge in [-0.05, 0) is 31.0 Å². The minimum atomic E-state index is 0.596. The van der Waals surface area contributed by atoms with Crippen molar-refractivity contribution >= 4 is 5.69 Å². The van der Waals surface area contributed by atoms with E-state index in [9.17, 15) is 0 Å². The zero-order valence-corrected chi connectivity index (χ0v) is 7.68. The van der Waals surface area contributed by atoms with Crippen molar-refractivity contribution in [2.24, 2.45) is 0 Å². The molecule has 1 aromatic carbocycles. The van der Waals surface area contributed by atoms with Crippen LogP contribution in [0.1, 0.15) is 22.3 Å². The van der Waals surface area contributed by atoms with Gasteiger partial charge in [0.2, 0.25) is 0 Å². The Kier molecular flexibility index (Phi) is 2.26. The van der Waals surface area contributed by atoms with E-state index >= 15 is 0 Å². The van der Waals surface area contributed by atoms with Crippen molar-refractivity contribution in [3.05, 3.63) is 28.3 Å². The van der Waals surface area contributed by atoms with Gasteiger partial charge in [-0.25, -0.2) is 0 Å². The predicted octanol–water partition coefficient (Wildman–Crippen LogP) is 1.74. The molecule has 0 fully saturated rings. The lowest BCUT2D eigenvalue weighted by molar-refractivity contribution is 1.33. The third-order valence-corrected chi connectivity index (χ3v) is 2.10. The quantitative estimate of drug-likeness (QED) is 0.476. The Hall–Kier alpha value is -1.93. The molecule has 0 aliphatic carbocycles. The van der Waals surface area contributed by atoms with Gasteiger partial charge in [-0.3, -0.25) is 0 Å². The van der Waals surface area contributed by atoms with Gasteiger partial charge in [0.1, 0.15) is 0 Å². The second kappa shape index (κ2) is 3.21. The van der Waals surface area contributed by atoms with Crippen LogP contribution in [0.25, 0.3) is 0 Å². The van der Waals surface area contributed by atoms with E-state index in [0.717, 1.165) is 11.1 Å². The van der Waals surface area contributed by atoms with Gasteiger partial charge in [0.05, 0.1) is 22.9 Å². The SMILES string of the molecule is C#Cc1c(C)c(C#N)cc(C)c1N. The van der Waals surface area contributed by atoms with Crippen molar-refractivity contribution < 1.29 is 0 Å². The fraction of sp³-hybridized carbons (Fsp3) is 0.182. The van der Waals surface area contributed by atoms with Crippen LogP contribution in [0.3, 0.4) is 0 Å². The van der Waals surface area contributed by atoms with Crippen LogP contribution in [0.4, 0.5) is 5.69 Å². The molecule has 0 bridgehead atoms. The second-order valence-corrected chi connectivity index (χ2v) is 2.91. The first-order valence-corrected chi connectivity index (χ1v) is 3.88. The molecule has 0 saturated carbocycles. The lowest BCUT2D eigenvalue weighted by Gasteiger charge is -2.08. The first-order valence-electron chi connectivity index (χ1n) is 3.88. The van der Waals surface area contributed by atoms with Gasteiger partial charge in [-0.2, -0.15) is 5.26 Å². The number of hydrogen-bond acceptors (Lipinski definition) is 2. The van der Waals surface area contributed by atoms with E-state index in [4.69, 9.17) is 17.4 Å². The maximum Gasteiger partial charge on any atom is 0.0994 e. The number of terminal acetylenes is 1. The molecule has 13 heavy (non-hydrogen) atoms. The van der Waals surface area contributed by atoms with Crippen LogP contribution >= 0.6 is 0 Å². The van der Waals surface area contributed by atoms with Gasteiger partial charge in [-0.15, -0.1) is 6.42 Å². The normalized spacial score (nSPS) is 8.92. The smallest absolute Gasteiger partial charge is 0.0994 e. The number of nitrogens with two attached hydrogens (primary N) is 1. The Morgan fingerprint density at radius 2 is 2.08 bits per heavy atom. The summed E-state index contributed by atoms with van der Waals surface area (Å²) in [7, 11) is 0. The molecule has 1 rings (SSSR count). The number of nitriles is 1. The summed E-state index contributed by atoms with van der Waals surface area (Å²) in [6.45, 7) is 3.65. The fourth-order valence-corrected chi connectivity index (χ4v) is 1.24. The van der Waals surface area contributed by atoms with E-state index in [1.165, 1.54) is 0 Å². The highest BCUT2D eigenvalue weighted by atomic mass is 14.6. The van der Waals surface area contributed by atoms with E-state index in [0.29, 0.717) is 16.8 Å². The summed E-state index contributed by atoms with van der Waals surface area (Å²) in [6, 6.07) is 3.84. The van der Waals surface area contributed by atoms with Gasteiger partial charge >= 0.3 is 0 Å². The van der Waals surface area contributed by atoms with Crippen LogP contribution in [0.2, 0.25) is 0 Å². The summed E-state index contributed by atoms with van der Waals surface area (Å²) in [5.74, 6) is 2.50. The molecule has 0 aromatic heterocycles. The molecular weight excluding hydrogens is 160 g/mol. The van der Waals surface area contributed by atoms with Crippen molar-refractivity contribution in [3.8, 4) is 18.4 Å². The Balaban J connectivity index is 3.63. The van der Waals surface area contributed by atoms with E-state index in [2.05, 4.69) is 12.0 Å². The van der Waals surface area contributed by atoms with Crippen LogP contribution in [0, 0.1) is 37.5 Å². The van der Waals surface area contributed by atoms with Gasteiger partial charge in [-0.1, -0.05) is 5.92 Å². The number of nitrogen functional groups attached to an aromatic ring is 1. The third kappa shape index (κ3) is 1.35. The average Bonchev–Trinajstić information content (AvgIpc) is 2.12. The molecule has 2 heteroatoms. The zero-order chi connectivity index (χ0) is 10.0. The Labute approximate surface area is 78.0 Å². The fourth-order valence-electron chi connectivity index (χ4n) is 1.24. The Morgan fingerprint density at radius 1 is 1.46 bits per heavy atom. The molecule has 0 spiro atoms. The maximum atomic E-state index is 8.79. The van der Waals surface area contributed by atoms with Crippen LogP contribution < -0.4 is 5.73 Å². The molecule has 0 amide bonds. The van der Waals surface area contributed by atoms with Crippen LogP contribution in [0.5, 0.6) is 0 Å². The van der Waals surface area contributed by atoms with Crippen molar-refractivity contribution in [3.63, 3.8) is 0 Å².